The van der Waals surface area contributed by atoms with Gasteiger partial charge in [-0.25, -0.2) is 0 Å². The van der Waals surface area contributed by atoms with E-state index in [0.29, 0.717) is 28.3 Å². The smallest absolute Gasteiger partial charge is 0.288 e. The van der Waals surface area contributed by atoms with Crippen molar-refractivity contribution in [2.75, 3.05) is 6.54 Å². The number of piperidine rings is 1. The first-order valence-electron chi connectivity index (χ1n) is 6.63. The van der Waals surface area contributed by atoms with E-state index in [1.807, 2.05) is 0 Å². The van der Waals surface area contributed by atoms with Crippen molar-refractivity contribution in [1.82, 2.24) is 10.6 Å². The van der Waals surface area contributed by atoms with Gasteiger partial charge < -0.3 is 10.6 Å². The first-order valence-corrected chi connectivity index (χ1v) is 7.51. The minimum Gasteiger partial charge on any atom is -0.349 e. The summed E-state index contributed by atoms with van der Waals surface area (Å²) in [5.41, 5.74) is 0.509. The molecule has 1 aromatic carbocycles. The van der Waals surface area contributed by atoms with Gasteiger partial charge in [0.1, 0.15) is 0 Å². The third-order valence-electron chi connectivity index (χ3n) is 3.30. The van der Waals surface area contributed by atoms with Gasteiger partial charge in [-0.15, -0.1) is 12.4 Å². The molecule has 0 saturated carbocycles. The number of hydrogen-bond acceptors (Lipinski definition) is 3. The standard InChI is InChI=1S/C14H18F2N2OS.ClH/c1-9-8-11(6-7-17-9)18-13(19)10-2-4-12(5-3-10)20-14(15)16;/h2-5,9,11,14,17H,6-8H2,1H3,(H,18,19);1H. The number of hydrogen-bond donors (Lipinski definition) is 2. The summed E-state index contributed by atoms with van der Waals surface area (Å²) in [6.07, 6.45) is 1.82. The molecule has 2 N–H and O–H groups in total. The van der Waals surface area contributed by atoms with Crippen molar-refractivity contribution >= 4 is 30.1 Å². The number of rotatable bonds is 4. The Kier molecular flexibility index (Phi) is 7.42. The molecule has 21 heavy (non-hydrogen) atoms. The maximum absolute atomic E-state index is 12.2. The van der Waals surface area contributed by atoms with Crippen molar-refractivity contribution in [1.29, 1.82) is 0 Å². The molecule has 1 aliphatic heterocycles. The Hall–Kier alpha value is -0.850. The van der Waals surface area contributed by atoms with Crippen LogP contribution in [-0.2, 0) is 0 Å². The van der Waals surface area contributed by atoms with Crippen molar-refractivity contribution in [3.05, 3.63) is 29.8 Å². The van der Waals surface area contributed by atoms with E-state index >= 15 is 0 Å². The van der Waals surface area contributed by atoms with Crippen LogP contribution < -0.4 is 10.6 Å². The lowest BCUT2D eigenvalue weighted by Crippen LogP contribution is -2.46. The molecule has 3 nitrogen and oxygen atoms in total. The van der Waals surface area contributed by atoms with Gasteiger partial charge in [0.25, 0.3) is 11.7 Å². The zero-order chi connectivity index (χ0) is 14.5. The minimum atomic E-state index is -2.44. The highest BCUT2D eigenvalue weighted by molar-refractivity contribution is 7.99. The van der Waals surface area contributed by atoms with E-state index < -0.39 is 5.76 Å². The Balaban J connectivity index is 0.00000220. The first-order chi connectivity index (χ1) is 9.54. The number of carbonyl (C=O) groups excluding carboxylic acids is 1. The maximum Gasteiger partial charge on any atom is 0.288 e. The highest BCUT2D eigenvalue weighted by Gasteiger charge is 2.20. The monoisotopic (exact) mass is 336 g/mol. The molecule has 0 aromatic heterocycles. The van der Waals surface area contributed by atoms with E-state index in [0.717, 1.165) is 19.4 Å². The predicted octanol–water partition coefficient (Wildman–Crippen LogP) is 3.29. The van der Waals surface area contributed by atoms with Gasteiger partial charge in [0.2, 0.25) is 0 Å². The summed E-state index contributed by atoms with van der Waals surface area (Å²) >= 11 is 0.481. The normalized spacial score (nSPS) is 21.7. The Morgan fingerprint density at radius 3 is 2.62 bits per heavy atom. The van der Waals surface area contributed by atoms with Crippen LogP contribution in [0, 0.1) is 0 Å². The number of carbonyl (C=O) groups is 1. The van der Waals surface area contributed by atoms with Crippen molar-refractivity contribution in [2.24, 2.45) is 0 Å². The largest absolute Gasteiger partial charge is 0.349 e. The van der Waals surface area contributed by atoms with E-state index in [1.54, 1.807) is 24.3 Å². The van der Waals surface area contributed by atoms with Crippen LogP contribution in [-0.4, -0.2) is 30.3 Å². The Morgan fingerprint density at radius 1 is 1.38 bits per heavy atom. The lowest BCUT2D eigenvalue weighted by atomic mass is 10.0. The van der Waals surface area contributed by atoms with Crippen molar-refractivity contribution in [3.63, 3.8) is 0 Å². The number of halogens is 3. The SMILES string of the molecule is CC1CC(NC(=O)c2ccc(SC(F)F)cc2)CCN1.Cl. The second kappa shape index (κ2) is 8.56. The molecule has 1 fully saturated rings. The van der Waals surface area contributed by atoms with E-state index in [2.05, 4.69) is 17.6 Å². The van der Waals surface area contributed by atoms with Gasteiger partial charge in [0.05, 0.1) is 0 Å². The highest BCUT2D eigenvalue weighted by Crippen LogP contribution is 2.25. The molecule has 0 aliphatic carbocycles. The zero-order valence-electron chi connectivity index (χ0n) is 11.6. The lowest BCUT2D eigenvalue weighted by molar-refractivity contribution is 0.0925. The van der Waals surface area contributed by atoms with Crippen molar-refractivity contribution < 1.29 is 13.6 Å². The van der Waals surface area contributed by atoms with Crippen LogP contribution in [0.15, 0.2) is 29.2 Å². The van der Waals surface area contributed by atoms with Crippen molar-refractivity contribution in [3.8, 4) is 0 Å². The number of alkyl halides is 2. The fourth-order valence-electron chi connectivity index (χ4n) is 2.32. The van der Waals surface area contributed by atoms with Gasteiger partial charge in [0.15, 0.2) is 0 Å². The second-order valence-electron chi connectivity index (χ2n) is 4.95. The maximum atomic E-state index is 12.2. The topological polar surface area (TPSA) is 41.1 Å². The fraction of sp³-hybridized carbons (Fsp3) is 0.500. The number of benzene rings is 1. The molecule has 7 heteroatoms. The predicted molar refractivity (Wildman–Crippen MR) is 83.5 cm³/mol. The van der Waals surface area contributed by atoms with Gasteiger partial charge in [0, 0.05) is 22.5 Å². The van der Waals surface area contributed by atoms with Crippen LogP contribution >= 0.6 is 24.2 Å². The third kappa shape index (κ3) is 5.80. The lowest BCUT2D eigenvalue weighted by Gasteiger charge is -2.28. The molecule has 2 unspecified atom stereocenters. The molecular weight excluding hydrogens is 318 g/mol. The fourth-order valence-corrected chi connectivity index (χ4v) is 2.82. The summed E-state index contributed by atoms with van der Waals surface area (Å²) in [5.74, 6) is -2.58. The molecule has 1 amide bonds. The summed E-state index contributed by atoms with van der Waals surface area (Å²) < 4.78 is 24.4. The summed E-state index contributed by atoms with van der Waals surface area (Å²) in [6, 6.07) is 6.86. The molecule has 1 aromatic rings. The van der Waals surface area contributed by atoms with Crippen LogP contribution in [0.1, 0.15) is 30.1 Å². The molecule has 0 radical (unpaired) electrons. The first kappa shape index (κ1) is 18.2. The average Bonchev–Trinajstić information content (AvgIpc) is 2.38. The molecule has 118 valence electrons. The molecule has 1 aliphatic rings. The van der Waals surface area contributed by atoms with Gasteiger partial charge in [-0.05, 0) is 50.6 Å². The Morgan fingerprint density at radius 2 is 2.05 bits per heavy atom. The molecule has 1 heterocycles. The van der Waals surface area contributed by atoms with Crippen molar-refractivity contribution in [2.45, 2.75) is 42.5 Å². The molecule has 0 spiro atoms. The quantitative estimate of drug-likeness (QED) is 0.829. The van der Waals surface area contributed by atoms with E-state index in [1.165, 1.54) is 0 Å². The Bertz CT molecular complexity index is 459. The number of nitrogens with one attached hydrogen (secondary N) is 2. The van der Waals surface area contributed by atoms with Gasteiger partial charge in [-0.2, -0.15) is 8.78 Å². The minimum absolute atomic E-state index is 0. The Labute approximate surface area is 133 Å². The van der Waals surface area contributed by atoms with Gasteiger partial charge in [-0.1, -0.05) is 11.8 Å². The molecule has 2 rings (SSSR count). The average molecular weight is 337 g/mol. The summed E-state index contributed by atoms with van der Waals surface area (Å²) in [7, 11) is 0. The summed E-state index contributed by atoms with van der Waals surface area (Å²) in [5, 5.41) is 6.32. The van der Waals surface area contributed by atoms with Crippen LogP contribution in [0.5, 0.6) is 0 Å². The highest BCUT2D eigenvalue weighted by atomic mass is 35.5. The number of thioether (sulfide) groups is 1. The van der Waals surface area contributed by atoms with Crippen LogP contribution in [0.4, 0.5) is 8.78 Å². The molecular formula is C14H19ClF2N2OS. The summed E-state index contributed by atoms with van der Waals surface area (Å²) in [4.78, 5) is 12.5. The van der Waals surface area contributed by atoms with Gasteiger partial charge in [-0.3, -0.25) is 4.79 Å². The van der Waals surface area contributed by atoms with Crippen LogP contribution in [0.3, 0.4) is 0 Å². The van der Waals surface area contributed by atoms with E-state index in [4.69, 9.17) is 0 Å². The molecule has 2 atom stereocenters. The number of amides is 1. The van der Waals surface area contributed by atoms with Gasteiger partial charge >= 0.3 is 0 Å². The van der Waals surface area contributed by atoms with Crippen LogP contribution in [0.25, 0.3) is 0 Å². The zero-order valence-corrected chi connectivity index (χ0v) is 13.3. The third-order valence-corrected chi connectivity index (χ3v) is 4.02. The summed E-state index contributed by atoms with van der Waals surface area (Å²) in [6.45, 7) is 2.99. The molecule has 0 bridgehead atoms. The van der Waals surface area contributed by atoms with E-state index in [-0.39, 0.29) is 24.4 Å². The van der Waals surface area contributed by atoms with E-state index in [9.17, 15) is 13.6 Å². The second-order valence-corrected chi connectivity index (χ2v) is 6.02. The molecule has 1 saturated heterocycles. The van der Waals surface area contributed by atoms with Crippen LogP contribution in [0.2, 0.25) is 0 Å².